The van der Waals surface area contributed by atoms with Crippen molar-refractivity contribution in [3.8, 4) is 0 Å². The van der Waals surface area contributed by atoms with Crippen LogP contribution in [-0.4, -0.2) is 9.55 Å². The van der Waals surface area contributed by atoms with E-state index in [4.69, 9.17) is 11.6 Å². The quantitative estimate of drug-likeness (QED) is 0.808. The normalized spacial score (nSPS) is 10.3. The molecule has 0 fully saturated rings. The molecule has 0 saturated heterocycles. The summed E-state index contributed by atoms with van der Waals surface area (Å²) in [5, 5.41) is 3.79. The van der Waals surface area contributed by atoms with Crippen molar-refractivity contribution >= 4 is 17.3 Å². The van der Waals surface area contributed by atoms with E-state index in [-0.39, 0.29) is 0 Å². The van der Waals surface area contributed by atoms with E-state index in [0.29, 0.717) is 5.15 Å². The summed E-state index contributed by atoms with van der Waals surface area (Å²) in [6, 6.07) is 7.79. The number of rotatable bonds is 3. The minimum absolute atomic E-state index is 0.513. The summed E-state index contributed by atoms with van der Waals surface area (Å²) in [5.74, 6) is 0. The Morgan fingerprint density at radius 3 is 2.87 bits per heavy atom. The molecule has 0 radical (unpaired) electrons. The molecule has 15 heavy (non-hydrogen) atoms. The summed E-state index contributed by atoms with van der Waals surface area (Å²) < 4.78 is 2.08. The standard InChI is InChI=1S/C11H12ClN3/c1-15-6-2-3-10(15)8-13-9-4-5-11(12)14-7-9/h2-7,13H,8H2,1H3. The van der Waals surface area contributed by atoms with Crippen LogP contribution < -0.4 is 5.32 Å². The summed E-state index contributed by atoms with van der Waals surface area (Å²) in [6.45, 7) is 0.785. The molecule has 2 aromatic rings. The Balaban J connectivity index is 1.99. The van der Waals surface area contributed by atoms with Crippen molar-refractivity contribution in [3.63, 3.8) is 0 Å². The van der Waals surface area contributed by atoms with Crippen LogP contribution in [0.5, 0.6) is 0 Å². The van der Waals surface area contributed by atoms with Gasteiger partial charge in [-0.1, -0.05) is 11.6 Å². The fourth-order valence-electron chi connectivity index (χ4n) is 1.35. The number of aromatic nitrogens is 2. The van der Waals surface area contributed by atoms with Gasteiger partial charge in [-0.05, 0) is 24.3 Å². The molecular weight excluding hydrogens is 210 g/mol. The lowest BCUT2D eigenvalue weighted by Gasteiger charge is -2.06. The van der Waals surface area contributed by atoms with Crippen LogP contribution in [0.4, 0.5) is 5.69 Å². The van der Waals surface area contributed by atoms with Crippen LogP contribution in [0.3, 0.4) is 0 Å². The summed E-state index contributed by atoms with van der Waals surface area (Å²) in [5.41, 5.74) is 2.20. The van der Waals surface area contributed by atoms with Crippen molar-refractivity contribution in [1.29, 1.82) is 0 Å². The molecule has 3 nitrogen and oxygen atoms in total. The van der Waals surface area contributed by atoms with Gasteiger partial charge in [0.2, 0.25) is 0 Å². The first-order chi connectivity index (χ1) is 7.25. The minimum Gasteiger partial charge on any atom is -0.378 e. The zero-order chi connectivity index (χ0) is 10.7. The molecule has 1 N–H and O–H groups in total. The zero-order valence-electron chi connectivity index (χ0n) is 8.44. The highest BCUT2D eigenvalue weighted by Gasteiger charge is 1.97. The second kappa shape index (κ2) is 4.36. The van der Waals surface area contributed by atoms with Gasteiger partial charge >= 0.3 is 0 Å². The number of anilines is 1. The smallest absolute Gasteiger partial charge is 0.129 e. The van der Waals surface area contributed by atoms with E-state index in [9.17, 15) is 0 Å². The topological polar surface area (TPSA) is 29.9 Å². The number of halogens is 1. The predicted octanol–water partition coefficient (Wildman–Crippen LogP) is 2.69. The van der Waals surface area contributed by atoms with Crippen molar-refractivity contribution in [3.05, 3.63) is 47.5 Å². The van der Waals surface area contributed by atoms with Gasteiger partial charge < -0.3 is 9.88 Å². The number of nitrogens with one attached hydrogen (secondary N) is 1. The number of hydrogen-bond acceptors (Lipinski definition) is 2. The van der Waals surface area contributed by atoms with Gasteiger partial charge in [-0.2, -0.15) is 0 Å². The van der Waals surface area contributed by atoms with Gasteiger partial charge in [-0.15, -0.1) is 0 Å². The Labute approximate surface area is 93.7 Å². The van der Waals surface area contributed by atoms with Gasteiger partial charge in [0, 0.05) is 18.9 Å². The fraction of sp³-hybridized carbons (Fsp3) is 0.182. The number of pyridine rings is 1. The fourth-order valence-corrected chi connectivity index (χ4v) is 1.46. The average Bonchev–Trinajstić information content (AvgIpc) is 2.63. The second-order valence-electron chi connectivity index (χ2n) is 3.33. The molecule has 78 valence electrons. The van der Waals surface area contributed by atoms with Crippen LogP contribution in [0.25, 0.3) is 0 Å². The third-order valence-electron chi connectivity index (χ3n) is 2.25. The highest BCUT2D eigenvalue weighted by atomic mass is 35.5. The van der Waals surface area contributed by atoms with Crippen LogP contribution in [0.1, 0.15) is 5.69 Å². The Hall–Kier alpha value is -1.48. The van der Waals surface area contributed by atoms with E-state index in [1.165, 1.54) is 5.69 Å². The summed E-state index contributed by atoms with van der Waals surface area (Å²) in [4.78, 5) is 4.00. The molecule has 2 rings (SSSR count). The molecule has 0 unspecified atom stereocenters. The molecule has 0 aliphatic rings. The Morgan fingerprint density at radius 2 is 2.27 bits per heavy atom. The third-order valence-corrected chi connectivity index (χ3v) is 2.48. The van der Waals surface area contributed by atoms with E-state index >= 15 is 0 Å². The largest absolute Gasteiger partial charge is 0.378 e. The lowest BCUT2D eigenvalue weighted by molar-refractivity contribution is 0.842. The van der Waals surface area contributed by atoms with Gasteiger partial charge in [0.15, 0.2) is 0 Å². The molecule has 2 heterocycles. The van der Waals surface area contributed by atoms with E-state index in [2.05, 4.69) is 20.9 Å². The monoisotopic (exact) mass is 221 g/mol. The highest BCUT2D eigenvalue weighted by molar-refractivity contribution is 6.29. The molecule has 0 spiro atoms. The number of nitrogens with zero attached hydrogens (tertiary/aromatic N) is 2. The maximum absolute atomic E-state index is 5.69. The van der Waals surface area contributed by atoms with Gasteiger partial charge in [-0.25, -0.2) is 4.98 Å². The van der Waals surface area contributed by atoms with Crippen molar-refractivity contribution in [2.24, 2.45) is 7.05 Å². The molecule has 0 aromatic carbocycles. The minimum atomic E-state index is 0.513. The van der Waals surface area contributed by atoms with E-state index in [1.54, 1.807) is 12.3 Å². The molecule has 2 aromatic heterocycles. The maximum atomic E-state index is 5.69. The second-order valence-corrected chi connectivity index (χ2v) is 3.72. The first-order valence-corrected chi connectivity index (χ1v) is 5.09. The molecular formula is C11H12ClN3. The van der Waals surface area contributed by atoms with E-state index in [1.807, 2.05) is 25.4 Å². The van der Waals surface area contributed by atoms with Crippen LogP contribution in [0, 0.1) is 0 Å². The summed E-state index contributed by atoms with van der Waals surface area (Å²) >= 11 is 5.69. The van der Waals surface area contributed by atoms with Gasteiger partial charge in [0.05, 0.1) is 18.4 Å². The van der Waals surface area contributed by atoms with Gasteiger partial charge in [-0.3, -0.25) is 0 Å². The van der Waals surface area contributed by atoms with E-state index < -0.39 is 0 Å². The first kappa shape index (κ1) is 10.1. The Bertz CT molecular complexity index is 433. The van der Waals surface area contributed by atoms with Crippen LogP contribution in [-0.2, 0) is 13.6 Å². The molecule has 0 bridgehead atoms. The first-order valence-electron chi connectivity index (χ1n) is 4.71. The molecule has 0 atom stereocenters. The number of hydrogen-bond donors (Lipinski definition) is 1. The van der Waals surface area contributed by atoms with Crippen LogP contribution in [0.15, 0.2) is 36.7 Å². The summed E-state index contributed by atoms with van der Waals surface area (Å²) in [6.07, 6.45) is 3.75. The SMILES string of the molecule is Cn1cccc1CNc1ccc(Cl)nc1. The molecule has 4 heteroatoms. The Kier molecular flexibility index (Phi) is 2.92. The van der Waals surface area contributed by atoms with Gasteiger partial charge in [0.25, 0.3) is 0 Å². The lowest BCUT2D eigenvalue weighted by atomic mass is 10.4. The predicted molar refractivity (Wildman–Crippen MR) is 62.0 cm³/mol. The molecule has 0 aliphatic carbocycles. The number of aryl methyl sites for hydroxylation is 1. The van der Waals surface area contributed by atoms with Crippen LogP contribution in [0.2, 0.25) is 5.15 Å². The van der Waals surface area contributed by atoms with E-state index in [0.717, 1.165) is 12.2 Å². The highest BCUT2D eigenvalue weighted by Crippen LogP contribution is 2.11. The molecule has 0 aliphatic heterocycles. The average molecular weight is 222 g/mol. The van der Waals surface area contributed by atoms with Crippen molar-refractivity contribution < 1.29 is 0 Å². The van der Waals surface area contributed by atoms with Crippen molar-refractivity contribution in [2.75, 3.05) is 5.32 Å². The lowest BCUT2D eigenvalue weighted by Crippen LogP contribution is -2.03. The zero-order valence-corrected chi connectivity index (χ0v) is 9.20. The molecule has 0 saturated carbocycles. The maximum Gasteiger partial charge on any atom is 0.129 e. The van der Waals surface area contributed by atoms with Crippen molar-refractivity contribution in [2.45, 2.75) is 6.54 Å². The summed E-state index contributed by atoms with van der Waals surface area (Å²) in [7, 11) is 2.02. The third kappa shape index (κ3) is 2.50. The van der Waals surface area contributed by atoms with Crippen LogP contribution >= 0.6 is 11.6 Å². The Morgan fingerprint density at radius 1 is 1.40 bits per heavy atom. The van der Waals surface area contributed by atoms with Crippen molar-refractivity contribution in [1.82, 2.24) is 9.55 Å². The molecule has 0 amide bonds. The van der Waals surface area contributed by atoms with Gasteiger partial charge in [0.1, 0.15) is 5.15 Å².